The topological polar surface area (TPSA) is 57.6 Å². The number of amides is 1. The predicted molar refractivity (Wildman–Crippen MR) is 76.4 cm³/mol. The number of rotatable bonds is 5. The molecule has 0 aliphatic heterocycles. The van der Waals surface area contributed by atoms with Crippen molar-refractivity contribution in [2.75, 3.05) is 0 Å². The summed E-state index contributed by atoms with van der Waals surface area (Å²) in [7, 11) is 0. The molecule has 1 aliphatic rings. The van der Waals surface area contributed by atoms with Crippen LogP contribution in [0.1, 0.15) is 25.8 Å². The van der Waals surface area contributed by atoms with Crippen molar-refractivity contribution in [3.8, 4) is 0 Å². The molecule has 20 heavy (non-hydrogen) atoms. The Morgan fingerprint density at radius 3 is 2.60 bits per heavy atom. The van der Waals surface area contributed by atoms with E-state index in [0.717, 1.165) is 5.56 Å². The maximum Gasteiger partial charge on any atom is 0.307 e. The summed E-state index contributed by atoms with van der Waals surface area (Å²) in [4.78, 5) is 25.0. The highest BCUT2D eigenvalue weighted by atomic mass is 35.5. The summed E-state index contributed by atoms with van der Waals surface area (Å²) < 4.78 is 0. The summed E-state index contributed by atoms with van der Waals surface area (Å²) in [6, 6.07) is 7.39. The van der Waals surface area contributed by atoms with E-state index in [4.69, 9.17) is 16.7 Å². The van der Waals surface area contributed by atoms with Crippen LogP contribution in [0.15, 0.2) is 24.3 Å². The van der Waals surface area contributed by atoms with Crippen LogP contribution in [0.2, 0.25) is 5.02 Å². The van der Waals surface area contributed by atoms with Crippen molar-refractivity contribution < 1.29 is 14.7 Å². The predicted octanol–water partition coefficient (Wildman–Crippen LogP) is 2.80. The van der Waals surface area contributed by atoms with Gasteiger partial charge in [-0.05, 0) is 38.0 Å². The van der Waals surface area contributed by atoms with Crippen molar-refractivity contribution in [3.05, 3.63) is 34.9 Å². The smallest absolute Gasteiger partial charge is 0.307 e. The fraction of sp³-hybridized carbons (Fsp3) is 0.467. The third-order valence-electron chi connectivity index (χ3n) is 3.57. The molecular formula is C15H18ClNO3. The summed E-state index contributed by atoms with van der Waals surface area (Å²) in [6.45, 7) is 4.32. The molecule has 5 heteroatoms. The fourth-order valence-corrected chi connectivity index (χ4v) is 2.51. The van der Waals surface area contributed by atoms with Gasteiger partial charge in [-0.1, -0.05) is 23.7 Å². The van der Waals surface area contributed by atoms with E-state index in [2.05, 4.69) is 0 Å². The molecule has 2 rings (SSSR count). The molecule has 0 spiro atoms. The van der Waals surface area contributed by atoms with Gasteiger partial charge in [-0.25, -0.2) is 0 Å². The fourth-order valence-electron chi connectivity index (χ4n) is 2.30. The van der Waals surface area contributed by atoms with Crippen LogP contribution < -0.4 is 0 Å². The van der Waals surface area contributed by atoms with Crippen molar-refractivity contribution in [1.82, 2.24) is 4.90 Å². The van der Waals surface area contributed by atoms with E-state index < -0.39 is 11.9 Å². The summed E-state index contributed by atoms with van der Waals surface area (Å²) in [5.41, 5.74) is 0.951. The SMILES string of the molecule is CC(C)N(Cc1cccc(Cl)c1)C(=O)C1CC1C(=O)O. The number of carbonyl (C=O) groups is 2. The van der Waals surface area contributed by atoms with Gasteiger partial charge in [0.1, 0.15) is 0 Å². The molecule has 0 bridgehead atoms. The Morgan fingerprint density at radius 1 is 1.40 bits per heavy atom. The number of hydrogen-bond acceptors (Lipinski definition) is 2. The number of aliphatic carboxylic acids is 1. The number of hydrogen-bond donors (Lipinski definition) is 1. The summed E-state index contributed by atoms with van der Waals surface area (Å²) in [5.74, 6) is -1.83. The second-order valence-corrected chi connectivity index (χ2v) is 5.91. The summed E-state index contributed by atoms with van der Waals surface area (Å²) in [5, 5.41) is 9.56. The summed E-state index contributed by atoms with van der Waals surface area (Å²) in [6.07, 6.45) is 0.451. The first-order valence-corrected chi connectivity index (χ1v) is 7.05. The van der Waals surface area contributed by atoms with Crippen LogP contribution in [0.25, 0.3) is 0 Å². The minimum Gasteiger partial charge on any atom is -0.481 e. The summed E-state index contributed by atoms with van der Waals surface area (Å²) >= 11 is 5.95. The maximum atomic E-state index is 12.4. The maximum absolute atomic E-state index is 12.4. The molecule has 1 fully saturated rings. The first-order chi connectivity index (χ1) is 9.40. The van der Waals surface area contributed by atoms with E-state index in [-0.39, 0.29) is 17.9 Å². The van der Waals surface area contributed by atoms with E-state index >= 15 is 0 Å². The van der Waals surface area contributed by atoms with Crippen LogP contribution >= 0.6 is 11.6 Å². The van der Waals surface area contributed by atoms with Crippen LogP contribution in [-0.2, 0) is 16.1 Å². The largest absolute Gasteiger partial charge is 0.481 e. The Hall–Kier alpha value is -1.55. The number of carboxylic acid groups (broad SMARTS) is 1. The molecule has 0 radical (unpaired) electrons. The van der Waals surface area contributed by atoms with Gasteiger partial charge in [0.15, 0.2) is 0 Å². The zero-order valence-corrected chi connectivity index (χ0v) is 12.3. The van der Waals surface area contributed by atoms with Crippen LogP contribution in [0, 0.1) is 11.8 Å². The van der Waals surface area contributed by atoms with Gasteiger partial charge in [-0.15, -0.1) is 0 Å². The normalized spacial score (nSPS) is 20.8. The molecule has 108 valence electrons. The minimum atomic E-state index is -0.880. The average Bonchev–Trinajstić information content (AvgIpc) is 3.15. The standard InChI is InChI=1S/C15H18ClNO3/c1-9(2)17(8-10-4-3-5-11(16)6-10)14(18)12-7-13(12)15(19)20/h3-6,9,12-13H,7-8H2,1-2H3,(H,19,20). The van der Waals surface area contributed by atoms with Crippen LogP contribution in [0.3, 0.4) is 0 Å². The van der Waals surface area contributed by atoms with Crippen molar-refractivity contribution in [3.63, 3.8) is 0 Å². The van der Waals surface area contributed by atoms with Crippen molar-refractivity contribution in [1.29, 1.82) is 0 Å². The molecule has 1 aliphatic carbocycles. The Morgan fingerprint density at radius 2 is 2.10 bits per heavy atom. The lowest BCUT2D eigenvalue weighted by Crippen LogP contribution is -2.38. The zero-order valence-electron chi connectivity index (χ0n) is 11.5. The molecule has 1 N–H and O–H groups in total. The lowest BCUT2D eigenvalue weighted by atomic mass is 10.1. The van der Waals surface area contributed by atoms with Gasteiger partial charge < -0.3 is 10.0 Å². The molecule has 1 amide bonds. The second-order valence-electron chi connectivity index (χ2n) is 5.48. The first kappa shape index (κ1) is 14.9. The number of halogens is 1. The minimum absolute atomic E-state index is 0.0246. The third-order valence-corrected chi connectivity index (χ3v) is 3.81. The Kier molecular flexibility index (Phi) is 4.33. The number of benzene rings is 1. The molecule has 0 heterocycles. The number of carbonyl (C=O) groups excluding carboxylic acids is 1. The molecule has 0 saturated heterocycles. The molecule has 4 nitrogen and oxygen atoms in total. The van der Waals surface area contributed by atoms with Gasteiger partial charge in [0.2, 0.25) is 5.91 Å². The molecule has 1 aromatic rings. The molecule has 2 unspecified atom stereocenters. The van der Waals surface area contributed by atoms with Gasteiger partial charge >= 0.3 is 5.97 Å². The van der Waals surface area contributed by atoms with E-state index in [9.17, 15) is 9.59 Å². The monoisotopic (exact) mass is 295 g/mol. The van der Waals surface area contributed by atoms with E-state index in [1.807, 2.05) is 32.0 Å². The molecule has 1 saturated carbocycles. The van der Waals surface area contributed by atoms with Crippen molar-refractivity contribution in [2.45, 2.75) is 32.9 Å². The van der Waals surface area contributed by atoms with Crippen molar-refractivity contribution in [2.24, 2.45) is 11.8 Å². The average molecular weight is 296 g/mol. The zero-order chi connectivity index (χ0) is 14.9. The number of nitrogens with zero attached hydrogens (tertiary/aromatic N) is 1. The van der Waals surface area contributed by atoms with Gasteiger partial charge in [0.25, 0.3) is 0 Å². The van der Waals surface area contributed by atoms with Crippen molar-refractivity contribution >= 4 is 23.5 Å². The lowest BCUT2D eigenvalue weighted by molar-refractivity contribution is -0.142. The Bertz CT molecular complexity index is 530. The van der Waals surface area contributed by atoms with Gasteiger partial charge in [0, 0.05) is 17.6 Å². The Balaban J connectivity index is 2.08. The highest BCUT2D eigenvalue weighted by Crippen LogP contribution is 2.40. The van der Waals surface area contributed by atoms with Gasteiger partial charge in [-0.2, -0.15) is 0 Å². The lowest BCUT2D eigenvalue weighted by Gasteiger charge is -2.27. The van der Waals surface area contributed by atoms with Crippen LogP contribution in [0.5, 0.6) is 0 Å². The van der Waals surface area contributed by atoms with Gasteiger partial charge in [-0.3, -0.25) is 9.59 Å². The molecular weight excluding hydrogens is 278 g/mol. The van der Waals surface area contributed by atoms with Crippen LogP contribution in [-0.4, -0.2) is 27.9 Å². The van der Waals surface area contributed by atoms with E-state index in [0.29, 0.717) is 18.0 Å². The van der Waals surface area contributed by atoms with Crippen LogP contribution in [0.4, 0.5) is 0 Å². The highest BCUT2D eigenvalue weighted by Gasteiger charge is 2.50. The van der Waals surface area contributed by atoms with E-state index in [1.54, 1.807) is 11.0 Å². The third kappa shape index (κ3) is 3.31. The highest BCUT2D eigenvalue weighted by molar-refractivity contribution is 6.30. The number of carboxylic acids is 1. The molecule has 1 aromatic carbocycles. The first-order valence-electron chi connectivity index (χ1n) is 6.68. The molecule has 0 aromatic heterocycles. The van der Waals surface area contributed by atoms with E-state index in [1.165, 1.54) is 0 Å². The van der Waals surface area contributed by atoms with Gasteiger partial charge in [0.05, 0.1) is 11.8 Å². The second kappa shape index (κ2) is 5.83. The Labute approximate surface area is 123 Å². The quantitative estimate of drug-likeness (QED) is 0.909. The molecule has 2 atom stereocenters.